The fourth-order valence-corrected chi connectivity index (χ4v) is 4.40. The second-order valence-corrected chi connectivity index (χ2v) is 6.42. The Labute approximate surface area is 111 Å². The molecule has 17 heavy (non-hydrogen) atoms. The molecule has 0 aromatic heterocycles. The van der Waals surface area contributed by atoms with Gasteiger partial charge in [-0.25, -0.2) is 0 Å². The second kappa shape index (κ2) is 6.36. The van der Waals surface area contributed by atoms with Crippen molar-refractivity contribution in [3.8, 4) is 0 Å². The molecule has 8 heteroatoms. The summed E-state index contributed by atoms with van der Waals surface area (Å²) in [5.74, 6) is 0. The summed E-state index contributed by atoms with van der Waals surface area (Å²) in [6.45, 7) is 3.38. The van der Waals surface area contributed by atoms with Crippen molar-refractivity contribution in [1.82, 2.24) is 4.90 Å². The first-order chi connectivity index (χ1) is 7.83. The van der Waals surface area contributed by atoms with Gasteiger partial charge in [-0.2, -0.15) is 0 Å². The molecule has 0 fully saturated rings. The van der Waals surface area contributed by atoms with Gasteiger partial charge in [-0.3, -0.25) is 0 Å². The fraction of sp³-hybridized carbons (Fsp3) is 0.778. The van der Waals surface area contributed by atoms with Crippen LogP contribution in [0.5, 0.6) is 0 Å². The molecular weight excluding hydrogens is 321 g/mol. The number of hydrogen-bond donors (Lipinski definition) is 0. The Bertz CT molecular complexity index is 291. The van der Waals surface area contributed by atoms with Gasteiger partial charge in [0.25, 0.3) is 0 Å². The molecule has 1 heterocycles. The predicted octanol–water partition coefficient (Wildman–Crippen LogP) is 4.82. The average Bonchev–Trinajstić information content (AvgIpc) is 2.50. The first-order valence-electron chi connectivity index (χ1n) is 5.49. The third kappa shape index (κ3) is 5.12. The van der Waals surface area contributed by atoms with E-state index in [0.717, 1.165) is 6.54 Å². The van der Waals surface area contributed by atoms with Gasteiger partial charge in [0.05, 0.1) is 0 Å². The molecule has 100 valence electrons. The van der Waals surface area contributed by atoms with E-state index in [2.05, 4.69) is 27.8 Å². The molecule has 2 aliphatic rings. The largest absolute Gasteiger partial charge is 0.673 e. The van der Waals surface area contributed by atoms with Crippen LogP contribution in [0.4, 0.5) is 17.3 Å². The zero-order valence-electron chi connectivity index (χ0n) is 9.44. The number of allylic oxidation sites excluding steroid dienone is 2. The highest BCUT2D eigenvalue weighted by molar-refractivity contribution is 9.11. The first kappa shape index (κ1) is 15.2. The van der Waals surface area contributed by atoms with Crippen molar-refractivity contribution in [2.45, 2.75) is 36.9 Å². The Kier molecular flexibility index (Phi) is 5.69. The SMILES string of the molecule is CCN1C2=C(CCCC2)SC1Br.F[B-](F)(F)F. The van der Waals surface area contributed by atoms with Crippen LogP contribution in [-0.2, 0) is 0 Å². The third-order valence-corrected chi connectivity index (χ3v) is 4.79. The van der Waals surface area contributed by atoms with Crippen LogP contribution in [0.1, 0.15) is 32.6 Å². The van der Waals surface area contributed by atoms with Crippen molar-refractivity contribution in [2.24, 2.45) is 0 Å². The molecule has 1 aliphatic heterocycles. The maximum Gasteiger partial charge on any atom is 0.673 e. The van der Waals surface area contributed by atoms with E-state index in [4.69, 9.17) is 0 Å². The highest BCUT2D eigenvalue weighted by Gasteiger charge is 2.30. The minimum Gasteiger partial charge on any atom is -0.418 e. The molecule has 0 aromatic carbocycles. The van der Waals surface area contributed by atoms with E-state index in [0.29, 0.717) is 4.28 Å². The lowest BCUT2D eigenvalue weighted by atomic mass is 10.0. The quantitative estimate of drug-likeness (QED) is 0.293. The molecule has 0 aromatic rings. The van der Waals surface area contributed by atoms with E-state index < -0.39 is 7.25 Å². The summed E-state index contributed by atoms with van der Waals surface area (Å²) >= 11 is 5.71. The summed E-state index contributed by atoms with van der Waals surface area (Å²) in [5.41, 5.74) is 1.62. The lowest BCUT2D eigenvalue weighted by Crippen LogP contribution is -2.24. The predicted molar refractivity (Wildman–Crippen MR) is 68.4 cm³/mol. The summed E-state index contributed by atoms with van der Waals surface area (Å²) in [7, 11) is -6.00. The van der Waals surface area contributed by atoms with Crippen LogP contribution >= 0.6 is 27.7 Å². The highest BCUT2D eigenvalue weighted by Crippen LogP contribution is 2.47. The van der Waals surface area contributed by atoms with Crippen molar-refractivity contribution in [1.29, 1.82) is 0 Å². The Hall–Kier alpha value is 0.155. The van der Waals surface area contributed by atoms with Crippen molar-refractivity contribution >= 4 is 34.9 Å². The molecule has 0 radical (unpaired) electrons. The first-order valence-corrected chi connectivity index (χ1v) is 7.29. The number of thioether (sulfide) groups is 1. The van der Waals surface area contributed by atoms with Crippen LogP contribution in [0.3, 0.4) is 0 Å². The van der Waals surface area contributed by atoms with Gasteiger partial charge in [-0.05, 0) is 32.6 Å². The number of rotatable bonds is 1. The Morgan fingerprint density at radius 1 is 1.29 bits per heavy atom. The molecule has 0 spiro atoms. The van der Waals surface area contributed by atoms with Gasteiger partial charge in [0.1, 0.15) is 4.28 Å². The van der Waals surface area contributed by atoms with Crippen molar-refractivity contribution in [2.75, 3.05) is 6.54 Å². The van der Waals surface area contributed by atoms with E-state index >= 15 is 0 Å². The Balaban J connectivity index is 0.000000249. The Morgan fingerprint density at radius 2 is 1.82 bits per heavy atom. The molecule has 0 saturated heterocycles. The average molecular weight is 335 g/mol. The number of halogens is 5. The fourth-order valence-electron chi connectivity index (χ4n) is 1.93. The van der Waals surface area contributed by atoms with Gasteiger partial charge < -0.3 is 22.2 Å². The number of nitrogens with zero attached hydrogens (tertiary/aromatic N) is 1. The monoisotopic (exact) mass is 334 g/mol. The second-order valence-electron chi connectivity index (χ2n) is 3.77. The van der Waals surface area contributed by atoms with Gasteiger partial charge in [-0.1, -0.05) is 27.7 Å². The molecule has 0 bridgehead atoms. The molecule has 0 N–H and O–H groups in total. The summed E-state index contributed by atoms with van der Waals surface area (Å²) < 4.78 is 39.5. The van der Waals surface area contributed by atoms with E-state index in [1.807, 2.05) is 11.8 Å². The lowest BCUT2D eigenvalue weighted by Gasteiger charge is -2.24. The normalized spacial score (nSPS) is 24.4. The van der Waals surface area contributed by atoms with Crippen LogP contribution in [0, 0.1) is 0 Å². The number of alkyl halides is 1. The molecule has 0 amide bonds. The van der Waals surface area contributed by atoms with Crippen LogP contribution < -0.4 is 0 Å². The molecule has 1 aliphatic carbocycles. The van der Waals surface area contributed by atoms with Crippen LogP contribution in [-0.4, -0.2) is 23.0 Å². The van der Waals surface area contributed by atoms with Crippen molar-refractivity contribution in [3.63, 3.8) is 0 Å². The van der Waals surface area contributed by atoms with Gasteiger partial charge >= 0.3 is 7.25 Å². The van der Waals surface area contributed by atoms with Crippen LogP contribution in [0.2, 0.25) is 0 Å². The van der Waals surface area contributed by atoms with Crippen LogP contribution in [0.15, 0.2) is 10.6 Å². The molecule has 1 unspecified atom stereocenters. The minimum atomic E-state index is -6.00. The van der Waals surface area contributed by atoms with E-state index in [1.54, 1.807) is 10.6 Å². The highest BCUT2D eigenvalue weighted by atomic mass is 79.9. The van der Waals surface area contributed by atoms with Gasteiger partial charge in [-0.15, -0.1) is 0 Å². The zero-order chi connectivity index (χ0) is 13.1. The van der Waals surface area contributed by atoms with E-state index in [-0.39, 0.29) is 0 Å². The molecule has 0 saturated carbocycles. The number of hydrogen-bond acceptors (Lipinski definition) is 2. The lowest BCUT2D eigenvalue weighted by molar-refractivity contribution is 0.368. The van der Waals surface area contributed by atoms with Crippen LogP contribution in [0.25, 0.3) is 0 Å². The minimum absolute atomic E-state index is 0.519. The maximum atomic E-state index is 9.75. The van der Waals surface area contributed by atoms with Gasteiger partial charge in [0.15, 0.2) is 0 Å². The van der Waals surface area contributed by atoms with Crippen molar-refractivity contribution < 1.29 is 17.3 Å². The van der Waals surface area contributed by atoms with Gasteiger partial charge in [0.2, 0.25) is 0 Å². The molecule has 1 nitrogen and oxygen atoms in total. The summed E-state index contributed by atoms with van der Waals surface area (Å²) in [6.07, 6.45) is 5.40. The maximum absolute atomic E-state index is 9.75. The molecular formula is C9H14BBrF4NS-. The third-order valence-electron chi connectivity index (χ3n) is 2.56. The van der Waals surface area contributed by atoms with Crippen molar-refractivity contribution in [3.05, 3.63) is 10.6 Å². The standard InChI is InChI=1S/C9H14BrNS.BF4/c1-2-11-7-5-3-4-6-8(7)12-9(11)10;2-1(3,4)5/h9H,2-6H2,1H3;/q;-1. The summed E-state index contributed by atoms with van der Waals surface area (Å²) in [6, 6.07) is 0. The topological polar surface area (TPSA) is 3.24 Å². The zero-order valence-corrected chi connectivity index (χ0v) is 11.8. The smallest absolute Gasteiger partial charge is 0.418 e. The van der Waals surface area contributed by atoms with E-state index in [1.165, 1.54) is 25.7 Å². The molecule has 1 atom stereocenters. The Morgan fingerprint density at radius 3 is 2.35 bits per heavy atom. The van der Waals surface area contributed by atoms with Gasteiger partial charge in [0, 0.05) is 17.1 Å². The summed E-state index contributed by atoms with van der Waals surface area (Å²) in [4.78, 5) is 4.13. The molecule has 2 rings (SSSR count). The summed E-state index contributed by atoms with van der Waals surface area (Å²) in [5, 5.41) is 0. The van der Waals surface area contributed by atoms with E-state index in [9.17, 15) is 17.3 Å².